The van der Waals surface area contributed by atoms with Crippen LogP contribution >= 0.6 is 11.8 Å². The maximum Gasteiger partial charge on any atom is 0.252 e. The molecule has 0 aliphatic rings. The van der Waals surface area contributed by atoms with E-state index in [0.717, 1.165) is 5.56 Å². The summed E-state index contributed by atoms with van der Waals surface area (Å²) in [7, 11) is 0. The van der Waals surface area contributed by atoms with Crippen molar-refractivity contribution in [2.75, 3.05) is 11.7 Å². The van der Waals surface area contributed by atoms with Crippen LogP contribution in [0.3, 0.4) is 0 Å². The molecule has 1 aromatic carbocycles. The lowest BCUT2D eigenvalue weighted by Crippen LogP contribution is -2.11. The molecule has 0 fully saturated rings. The van der Waals surface area contributed by atoms with E-state index in [4.69, 9.17) is 9.68 Å². The van der Waals surface area contributed by atoms with Crippen molar-refractivity contribution >= 4 is 23.9 Å². The smallest absolute Gasteiger partial charge is 0.252 e. The Hall–Kier alpha value is -2.26. The molecule has 0 aliphatic carbocycles. The van der Waals surface area contributed by atoms with Crippen LogP contribution in [0.1, 0.15) is 37.9 Å². The Bertz CT molecular complexity index is 705. The predicted molar refractivity (Wildman–Crippen MR) is 89.4 cm³/mol. The highest BCUT2D eigenvalue weighted by Crippen LogP contribution is 2.26. The van der Waals surface area contributed by atoms with Gasteiger partial charge in [0, 0.05) is 10.3 Å². The summed E-state index contributed by atoms with van der Waals surface area (Å²) in [6.45, 7) is 5.92. The predicted octanol–water partition coefficient (Wildman–Crippen LogP) is 4.01. The molecule has 0 unspecified atom stereocenters. The number of hydrogen-bond donors (Lipinski definition) is 1. The van der Waals surface area contributed by atoms with E-state index in [1.54, 1.807) is 18.0 Å². The van der Waals surface area contributed by atoms with Crippen LogP contribution in [0.5, 0.6) is 0 Å². The van der Waals surface area contributed by atoms with Gasteiger partial charge in [0.05, 0.1) is 6.21 Å². The highest BCUT2D eigenvalue weighted by Gasteiger charge is 2.23. The number of thioether (sulfide) groups is 1. The minimum atomic E-state index is -0.261. The number of rotatable bonds is 4. The zero-order valence-corrected chi connectivity index (χ0v) is 13.9. The molecule has 0 saturated carbocycles. The van der Waals surface area contributed by atoms with E-state index in [-0.39, 0.29) is 17.0 Å². The first kappa shape index (κ1) is 16.1. The molecule has 1 heterocycles. The van der Waals surface area contributed by atoms with Crippen LogP contribution < -0.4 is 5.43 Å². The van der Waals surface area contributed by atoms with Crippen LogP contribution in [0.15, 0.2) is 38.7 Å². The van der Waals surface area contributed by atoms with E-state index in [1.807, 2.05) is 57.4 Å². The van der Waals surface area contributed by atoms with Crippen molar-refractivity contribution in [3.63, 3.8) is 0 Å². The zero-order chi connectivity index (χ0) is 16.2. The van der Waals surface area contributed by atoms with E-state index < -0.39 is 0 Å². The van der Waals surface area contributed by atoms with Crippen molar-refractivity contribution in [2.24, 2.45) is 5.10 Å². The van der Waals surface area contributed by atoms with E-state index >= 15 is 0 Å². The number of aromatic nitrogens is 1. The van der Waals surface area contributed by atoms with Crippen LogP contribution in [0.2, 0.25) is 0 Å². The second-order valence-corrected chi connectivity index (χ2v) is 6.58. The Labute approximate surface area is 134 Å². The van der Waals surface area contributed by atoms with E-state index in [1.165, 1.54) is 4.90 Å². The lowest BCUT2D eigenvalue weighted by molar-refractivity contribution is 0.399. The third-order valence-corrected chi connectivity index (χ3v) is 3.61. The molecule has 0 aliphatic heterocycles. The van der Waals surface area contributed by atoms with Crippen molar-refractivity contribution in [3.05, 3.63) is 41.4 Å². The number of nitrogens with zero attached hydrogens (tertiary/aromatic N) is 3. The molecule has 2 aromatic rings. The second-order valence-electron chi connectivity index (χ2n) is 5.70. The minimum Gasteiger partial charge on any atom is -0.421 e. The molecule has 0 bridgehead atoms. The quantitative estimate of drug-likeness (QED) is 0.524. The van der Waals surface area contributed by atoms with Crippen LogP contribution in [-0.2, 0) is 5.41 Å². The number of oxazole rings is 1. The molecule has 22 heavy (non-hydrogen) atoms. The van der Waals surface area contributed by atoms with Crippen LogP contribution in [0, 0.1) is 11.3 Å². The molecule has 0 amide bonds. The molecule has 1 N–H and O–H groups in total. The van der Waals surface area contributed by atoms with Gasteiger partial charge in [-0.15, -0.1) is 11.8 Å². The van der Waals surface area contributed by atoms with Gasteiger partial charge in [0.25, 0.3) is 5.88 Å². The Morgan fingerprint density at radius 3 is 2.55 bits per heavy atom. The summed E-state index contributed by atoms with van der Waals surface area (Å²) in [4.78, 5) is 5.38. The normalized spacial score (nSPS) is 11.6. The topological polar surface area (TPSA) is 74.2 Å². The average molecular weight is 314 g/mol. The number of nitriles is 1. The molecular weight excluding hydrogens is 296 g/mol. The second kappa shape index (κ2) is 6.67. The number of nitrogens with one attached hydrogen (secondary N) is 1. The summed E-state index contributed by atoms with van der Waals surface area (Å²) >= 11 is 1.69. The average Bonchev–Trinajstić information content (AvgIpc) is 2.91. The Morgan fingerprint density at radius 2 is 2.00 bits per heavy atom. The van der Waals surface area contributed by atoms with Gasteiger partial charge in [-0.05, 0) is 24.0 Å². The number of hydrogen-bond acceptors (Lipinski definition) is 6. The molecule has 6 heteroatoms. The maximum atomic E-state index is 9.10. The summed E-state index contributed by atoms with van der Waals surface area (Å²) in [5.41, 5.74) is 3.65. The monoisotopic (exact) mass is 314 g/mol. The van der Waals surface area contributed by atoms with Gasteiger partial charge in [-0.1, -0.05) is 32.9 Å². The van der Waals surface area contributed by atoms with Crippen molar-refractivity contribution < 1.29 is 4.42 Å². The third-order valence-electron chi connectivity index (χ3n) is 2.87. The highest BCUT2D eigenvalue weighted by molar-refractivity contribution is 7.98. The van der Waals surface area contributed by atoms with Gasteiger partial charge in [0.2, 0.25) is 11.6 Å². The minimum absolute atomic E-state index is 0.208. The van der Waals surface area contributed by atoms with Gasteiger partial charge in [0.15, 0.2) is 0 Å². The molecule has 2 rings (SSSR count). The molecule has 1 aromatic heterocycles. The van der Waals surface area contributed by atoms with Gasteiger partial charge in [0.1, 0.15) is 6.07 Å². The van der Waals surface area contributed by atoms with E-state index in [9.17, 15) is 0 Å². The van der Waals surface area contributed by atoms with Crippen molar-refractivity contribution in [1.82, 2.24) is 4.98 Å². The SMILES string of the molecule is CSc1ccc(C=NNc2oc(C(C)(C)C)nc2C#N)cc1. The van der Waals surface area contributed by atoms with Crippen molar-refractivity contribution in [2.45, 2.75) is 31.1 Å². The van der Waals surface area contributed by atoms with E-state index in [0.29, 0.717) is 5.89 Å². The lowest BCUT2D eigenvalue weighted by atomic mass is 9.97. The fourth-order valence-electron chi connectivity index (χ4n) is 1.65. The summed E-state index contributed by atoms with van der Waals surface area (Å²) in [5.74, 6) is 0.774. The summed E-state index contributed by atoms with van der Waals surface area (Å²) in [5, 5.41) is 13.2. The largest absolute Gasteiger partial charge is 0.421 e. The first-order chi connectivity index (χ1) is 10.4. The van der Waals surface area contributed by atoms with Crippen LogP contribution in [0.25, 0.3) is 0 Å². The van der Waals surface area contributed by atoms with Gasteiger partial charge >= 0.3 is 0 Å². The lowest BCUT2D eigenvalue weighted by Gasteiger charge is -2.11. The zero-order valence-electron chi connectivity index (χ0n) is 13.0. The van der Waals surface area contributed by atoms with Gasteiger partial charge < -0.3 is 4.42 Å². The third kappa shape index (κ3) is 3.89. The molecule has 0 radical (unpaired) electrons. The Kier molecular flexibility index (Phi) is 4.88. The molecule has 5 nitrogen and oxygen atoms in total. The molecule has 0 atom stereocenters. The molecular formula is C16H18N4OS. The summed E-state index contributed by atoms with van der Waals surface area (Å²) in [6, 6.07) is 10.0. The first-order valence-corrected chi connectivity index (χ1v) is 8.01. The summed E-state index contributed by atoms with van der Waals surface area (Å²) in [6.07, 6.45) is 3.70. The van der Waals surface area contributed by atoms with Crippen LogP contribution in [0.4, 0.5) is 5.88 Å². The molecule has 114 valence electrons. The Morgan fingerprint density at radius 1 is 1.32 bits per heavy atom. The number of hydrazone groups is 1. The fraction of sp³-hybridized carbons (Fsp3) is 0.312. The molecule has 0 spiro atoms. The highest BCUT2D eigenvalue weighted by atomic mass is 32.2. The fourth-order valence-corrected chi connectivity index (χ4v) is 2.06. The number of anilines is 1. The van der Waals surface area contributed by atoms with Crippen LogP contribution in [-0.4, -0.2) is 17.5 Å². The number of benzene rings is 1. The van der Waals surface area contributed by atoms with Gasteiger partial charge in [-0.25, -0.2) is 5.43 Å². The van der Waals surface area contributed by atoms with Gasteiger partial charge in [-0.3, -0.25) is 0 Å². The Balaban J connectivity index is 2.12. The first-order valence-electron chi connectivity index (χ1n) is 6.78. The van der Waals surface area contributed by atoms with Gasteiger partial charge in [-0.2, -0.15) is 15.3 Å². The molecule has 0 saturated heterocycles. The van der Waals surface area contributed by atoms with E-state index in [2.05, 4.69) is 15.5 Å². The summed E-state index contributed by atoms with van der Waals surface area (Å²) < 4.78 is 5.58. The standard InChI is InChI=1S/C16H18N4OS/c1-16(2,3)15-19-13(9-17)14(21-15)20-18-10-11-5-7-12(22-4)8-6-11/h5-8,10,20H,1-4H3. The van der Waals surface area contributed by atoms with Crippen molar-refractivity contribution in [1.29, 1.82) is 5.26 Å². The maximum absolute atomic E-state index is 9.10. The van der Waals surface area contributed by atoms with Crippen molar-refractivity contribution in [3.8, 4) is 6.07 Å².